The van der Waals surface area contributed by atoms with Crippen molar-refractivity contribution in [3.05, 3.63) is 21.3 Å². The van der Waals surface area contributed by atoms with E-state index in [1.165, 1.54) is 11.1 Å². The van der Waals surface area contributed by atoms with Crippen LogP contribution in [0.1, 0.15) is 34.6 Å². The van der Waals surface area contributed by atoms with Crippen LogP contribution in [0.5, 0.6) is 0 Å². The van der Waals surface area contributed by atoms with Gasteiger partial charge in [0, 0.05) is 0 Å². The second kappa shape index (κ2) is 7.04. The van der Waals surface area contributed by atoms with Crippen LogP contribution in [0.2, 0.25) is 0 Å². The fourth-order valence-corrected chi connectivity index (χ4v) is 2.08. The van der Waals surface area contributed by atoms with Crippen LogP contribution in [0.3, 0.4) is 0 Å². The van der Waals surface area contributed by atoms with Gasteiger partial charge in [-0.05, 0) is 34.0 Å². The molecule has 3 heteroatoms. The summed E-state index contributed by atoms with van der Waals surface area (Å²) < 4.78 is 2.04. The number of allylic oxidation sites excluding steroid dienone is 3. The molecule has 0 rings (SSSR count). The number of nitrogens with two attached hydrogens (primary N) is 1. The molecule has 0 atom stereocenters. The van der Waals surface area contributed by atoms with Gasteiger partial charge < -0.3 is 5.84 Å². The number of hydrogen-bond acceptors (Lipinski definition) is 2. The quantitative estimate of drug-likeness (QED) is 0.276. The summed E-state index contributed by atoms with van der Waals surface area (Å²) in [6.07, 6.45) is 2.15. The summed E-state index contributed by atoms with van der Waals surface area (Å²) in [4.78, 5) is 0. The summed E-state index contributed by atoms with van der Waals surface area (Å²) in [6, 6.07) is 0. The highest BCUT2D eigenvalue weighted by Crippen LogP contribution is 2.24. The fraction of sp³-hybridized carbons (Fsp3) is 0.583. The molecule has 0 saturated heterocycles. The maximum Gasteiger partial charge on any atom is 0.0607 e. The maximum absolute atomic E-state index is 5.37. The first-order valence-corrected chi connectivity index (χ1v) is 6.45. The molecule has 0 amide bonds. The van der Waals surface area contributed by atoms with E-state index in [0.29, 0.717) is 11.8 Å². The Labute approximate surface area is 107 Å². The van der Waals surface area contributed by atoms with Gasteiger partial charge in [0.1, 0.15) is 0 Å². The largest absolute Gasteiger partial charge is 0.323 e. The monoisotopic (exact) mass is 320 g/mol. The summed E-state index contributed by atoms with van der Waals surface area (Å²) in [5.41, 5.74) is 3.52. The Kier molecular flexibility index (Phi) is 6.89. The van der Waals surface area contributed by atoms with Crippen molar-refractivity contribution in [2.45, 2.75) is 34.6 Å². The molecule has 0 spiro atoms. The molecular formula is C12H21IN2. The van der Waals surface area contributed by atoms with Gasteiger partial charge >= 0.3 is 0 Å². The van der Waals surface area contributed by atoms with Crippen molar-refractivity contribution in [2.75, 3.05) is 0 Å². The number of hydrazone groups is 1. The molecule has 0 aromatic carbocycles. The topological polar surface area (TPSA) is 38.4 Å². The van der Waals surface area contributed by atoms with Crippen molar-refractivity contribution in [2.24, 2.45) is 22.8 Å². The molecule has 86 valence electrons. The van der Waals surface area contributed by atoms with E-state index < -0.39 is 0 Å². The van der Waals surface area contributed by atoms with E-state index in [2.05, 4.69) is 61.5 Å². The van der Waals surface area contributed by atoms with Crippen molar-refractivity contribution in [1.29, 1.82) is 0 Å². The Morgan fingerprint density at radius 3 is 2.00 bits per heavy atom. The SMILES string of the molecule is CC(=N/N)/C(=C(\C=C\I)C(C)C)C(C)C. The van der Waals surface area contributed by atoms with Crippen LogP contribution in [0.25, 0.3) is 0 Å². The lowest BCUT2D eigenvalue weighted by atomic mass is 9.88. The standard InChI is InChI=1S/C12H21IN2/c1-8(2)11(6-7-13)12(9(3)4)10(5)15-14/h6-9H,14H2,1-5H3/b7-6+,12-11+,15-10-. The van der Waals surface area contributed by atoms with Gasteiger partial charge in [-0.1, -0.05) is 56.4 Å². The highest BCUT2D eigenvalue weighted by atomic mass is 127. The van der Waals surface area contributed by atoms with E-state index in [4.69, 9.17) is 5.84 Å². The molecule has 0 saturated carbocycles. The van der Waals surface area contributed by atoms with Gasteiger partial charge in [0.2, 0.25) is 0 Å². The zero-order valence-corrected chi connectivity index (χ0v) is 12.4. The third-order valence-corrected chi connectivity index (χ3v) is 2.70. The molecule has 0 radical (unpaired) electrons. The molecule has 0 bridgehead atoms. The summed E-state index contributed by atoms with van der Waals surface area (Å²) in [6.45, 7) is 10.7. The molecule has 2 nitrogen and oxygen atoms in total. The van der Waals surface area contributed by atoms with Gasteiger partial charge in [-0.25, -0.2) is 0 Å². The predicted molar refractivity (Wildman–Crippen MR) is 77.2 cm³/mol. The summed E-state index contributed by atoms with van der Waals surface area (Å²) in [5, 5.41) is 3.82. The maximum atomic E-state index is 5.37. The number of nitrogens with zero attached hydrogens (tertiary/aromatic N) is 1. The van der Waals surface area contributed by atoms with Crippen LogP contribution < -0.4 is 5.84 Å². The molecule has 0 aromatic heterocycles. The molecule has 2 N–H and O–H groups in total. The first-order valence-electron chi connectivity index (χ1n) is 5.21. The predicted octanol–water partition coefficient (Wildman–Crippen LogP) is 3.88. The van der Waals surface area contributed by atoms with Crippen molar-refractivity contribution in [1.82, 2.24) is 0 Å². The van der Waals surface area contributed by atoms with Crippen molar-refractivity contribution < 1.29 is 0 Å². The van der Waals surface area contributed by atoms with E-state index in [0.717, 1.165) is 5.71 Å². The Morgan fingerprint density at radius 2 is 1.73 bits per heavy atom. The van der Waals surface area contributed by atoms with Gasteiger partial charge in [-0.15, -0.1) is 0 Å². The Bertz CT molecular complexity index is 286. The average Bonchev–Trinajstić information content (AvgIpc) is 2.15. The lowest BCUT2D eigenvalue weighted by Gasteiger charge is -2.18. The molecule has 0 heterocycles. The van der Waals surface area contributed by atoms with Crippen LogP contribution in [-0.2, 0) is 0 Å². The van der Waals surface area contributed by atoms with Crippen LogP contribution in [0.15, 0.2) is 26.4 Å². The zero-order chi connectivity index (χ0) is 12.0. The third-order valence-electron chi connectivity index (χ3n) is 2.34. The smallest absolute Gasteiger partial charge is 0.0607 e. The van der Waals surface area contributed by atoms with Crippen LogP contribution in [-0.4, -0.2) is 5.71 Å². The highest BCUT2D eigenvalue weighted by molar-refractivity contribution is 14.1. The molecule has 0 unspecified atom stereocenters. The number of hydrogen-bond donors (Lipinski definition) is 1. The third kappa shape index (κ3) is 4.36. The van der Waals surface area contributed by atoms with Crippen molar-refractivity contribution in [3.8, 4) is 0 Å². The number of rotatable bonds is 4. The van der Waals surface area contributed by atoms with Gasteiger partial charge in [0.15, 0.2) is 0 Å². The first kappa shape index (κ1) is 14.7. The molecule has 0 aliphatic rings. The van der Waals surface area contributed by atoms with Crippen molar-refractivity contribution >= 4 is 28.3 Å². The Hall–Kier alpha value is -0.320. The van der Waals surface area contributed by atoms with E-state index in [9.17, 15) is 0 Å². The summed E-state index contributed by atoms with van der Waals surface area (Å²) in [7, 11) is 0. The minimum atomic E-state index is 0.447. The van der Waals surface area contributed by atoms with E-state index in [1.807, 2.05) is 11.0 Å². The molecule has 0 fully saturated rings. The first-order chi connectivity index (χ1) is 6.95. The van der Waals surface area contributed by atoms with Crippen LogP contribution in [0, 0.1) is 11.8 Å². The lowest BCUT2D eigenvalue weighted by molar-refractivity contribution is 0.729. The lowest BCUT2D eigenvalue weighted by Crippen LogP contribution is -2.12. The summed E-state index contributed by atoms with van der Waals surface area (Å²) in [5.74, 6) is 6.31. The second-order valence-electron chi connectivity index (χ2n) is 4.19. The Balaban J connectivity index is 5.56. The minimum absolute atomic E-state index is 0.447. The number of halogens is 1. The highest BCUT2D eigenvalue weighted by Gasteiger charge is 2.14. The van der Waals surface area contributed by atoms with E-state index in [-0.39, 0.29) is 0 Å². The molecule has 15 heavy (non-hydrogen) atoms. The van der Waals surface area contributed by atoms with Gasteiger partial charge in [0.25, 0.3) is 0 Å². The van der Waals surface area contributed by atoms with Crippen molar-refractivity contribution in [3.63, 3.8) is 0 Å². The summed E-state index contributed by atoms with van der Waals surface area (Å²) >= 11 is 2.24. The van der Waals surface area contributed by atoms with Crippen LogP contribution >= 0.6 is 22.6 Å². The average molecular weight is 320 g/mol. The zero-order valence-electron chi connectivity index (χ0n) is 10.2. The minimum Gasteiger partial charge on any atom is -0.323 e. The molecular weight excluding hydrogens is 299 g/mol. The molecule has 0 aromatic rings. The van der Waals surface area contributed by atoms with Crippen LogP contribution in [0.4, 0.5) is 0 Å². The van der Waals surface area contributed by atoms with E-state index >= 15 is 0 Å². The van der Waals surface area contributed by atoms with Gasteiger partial charge in [0.05, 0.1) is 5.71 Å². The Morgan fingerprint density at radius 1 is 1.20 bits per heavy atom. The molecule has 0 aliphatic heterocycles. The van der Waals surface area contributed by atoms with Gasteiger partial charge in [-0.3, -0.25) is 0 Å². The normalized spacial score (nSPS) is 15.3. The van der Waals surface area contributed by atoms with Gasteiger partial charge in [-0.2, -0.15) is 5.10 Å². The van der Waals surface area contributed by atoms with E-state index in [1.54, 1.807) is 0 Å². The fourth-order valence-electron chi connectivity index (χ4n) is 1.69. The molecule has 0 aliphatic carbocycles. The second-order valence-corrected chi connectivity index (χ2v) is 4.90.